The second-order valence-electron chi connectivity index (χ2n) is 1.83. The molecule has 0 aromatic rings. The lowest BCUT2D eigenvalue weighted by atomic mass is 10.6. The minimum Gasteiger partial charge on any atom is -0.450 e. The van der Waals surface area contributed by atoms with E-state index in [4.69, 9.17) is 15.0 Å². The molecule has 4 nitrogen and oxygen atoms in total. The predicted molar refractivity (Wildman–Crippen MR) is 39.4 cm³/mol. The Morgan fingerprint density at radius 2 is 1.90 bits per heavy atom. The number of carbonyl (C=O) groups is 1. The van der Waals surface area contributed by atoms with Crippen molar-refractivity contribution in [2.75, 3.05) is 20.6 Å². The Kier molecular flexibility index (Phi) is 9.35. The van der Waals surface area contributed by atoms with Gasteiger partial charge in [-0.2, -0.15) is 0 Å². The number of likely N-dealkylation sites (N-methyl/N-ethyl adjacent to an activating group) is 1. The standard InChI is InChI=1S/C5H11N.CH2O3/c1-4-5-6(2)3;2-1(3)4/h4H,1,5H2,2-3H3;(H2,2,3,4). The van der Waals surface area contributed by atoms with Crippen molar-refractivity contribution in [2.45, 2.75) is 0 Å². The molecule has 0 rings (SSSR count). The van der Waals surface area contributed by atoms with Gasteiger partial charge in [0, 0.05) is 6.54 Å². The summed E-state index contributed by atoms with van der Waals surface area (Å²) < 4.78 is 0. The van der Waals surface area contributed by atoms with Crippen molar-refractivity contribution in [1.82, 2.24) is 4.90 Å². The van der Waals surface area contributed by atoms with Gasteiger partial charge in [-0.3, -0.25) is 0 Å². The first-order valence-corrected chi connectivity index (χ1v) is 2.68. The molecule has 0 saturated carbocycles. The van der Waals surface area contributed by atoms with E-state index in [0.29, 0.717) is 0 Å². The Morgan fingerprint density at radius 3 is 1.90 bits per heavy atom. The van der Waals surface area contributed by atoms with Crippen LogP contribution >= 0.6 is 0 Å². The van der Waals surface area contributed by atoms with Crippen LogP contribution in [-0.2, 0) is 0 Å². The van der Waals surface area contributed by atoms with Crippen molar-refractivity contribution in [3.63, 3.8) is 0 Å². The van der Waals surface area contributed by atoms with E-state index in [1.54, 1.807) is 0 Å². The van der Waals surface area contributed by atoms with E-state index in [1.807, 2.05) is 20.2 Å². The molecule has 0 saturated heterocycles. The molecule has 0 aliphatic heterocycles. The number of nitrogens with zero attached hydrogens (tertiary/aromatic N) is 1. The highest BCUT2D eigenvalue weighted by molar-refractivity contribution is 5.53. The molecule has 0 bridgehead atoms. The predicted octanol–water partition coefficient (Wildman–Crippen LogP) is 0.956. The van der Waals surface area contributed by atoms with Gasteiger partial charge in [-0.15, -0.1) is 6.58 Å². The molecule has 0 aromatic carbocycles. The molecular weight excluding hydrogens is 134 g/mol. The van der Waals surface area contributed by atoms with Crippen molar-refractivity contribution in [1.29, 1.82) is 0 Å². The lowest BCUT2D eigenvalue weighted by molar-refractivity contribution is 0.137. The van der Waals surface area contributed by atoms with Crippen molar-refractivity contribution >= 4 is 6.16 Å². The van der Waals surface area contributed by atoms with Crippen LogP contribution in [0.25, 0.3) is 0 Å². The van der Waals surface area contributed by atoms with Crippen molar-refractivity contribution in [3.05, 3.63) is 12.7 Å². The molecule has 0 unspecified atom stereocenters. The van der Waals surface area contributed by atoms with Crippen molar-refractivity contribution < 1.29 is 15.0 Å². The van der Waals surface area contributed by atoms with Crippen LogP contribution in [0.1, 0.15) is 0 Å². The van der Waals surface area contributed by atoms with Gasteiger partial charge in [-0.05, 0) is 14.1 Å². The molecule has 0 spiro atoms. The summed E-state index contributed by atoms with van der Waals surface area (Å²) in [4.78, 5) is 10.6. The third-order valence-corrected chi connectivity index (χ3v) is 0.494. The highest BCUT2D eigenvalue weighted by Gasteiger charge is 1.75. The maximum atomic E-state index is 8.56. The molecule has 0 aromatic heterocycles. The monoisotopic (exact) mass is 147 g/mol. The first-order chi connectivity index (χ1) is 4.50. The van der Waals surface area contributed by atoms with E-state index in [9.17, 15) is 0 Å². The van der Waals surface area contributed by atoms with E-state index in [1.165, 1.54) is 0 Å². The Morgan fingerprint density at radius 1 is 1.60 bits per heavy atom. The first-order valence-electron chi connectivity index (χ1n) is 2.68. The summed E-state index contributed by atoms with van der Waals surface area (Å²) in [5, 5.41) is 13.9. The fourth-order valence-corrected chi connectivity index (χ4v) is 0.258. The maximum absolute atomic E-state index is 8.56. The second-order valence-corrected chi connectivity index (χ2v) is 1.83. The molecule has 4 heteroatoms. The molecule has 0 atom stereocenters. The van der Waals surface area contributed by atoms with Gasteiger partial charge in [0.25, 0.3) is 0 Å². The molecule has 0 amide bonds. The summed E-state index contributed by atoms with van der Waals surface area (Å²) in [6.45, 7) is 4.53. The quantitative estimate of drug-likeness (QED) is 0.571. The second kappa shape index (κ2) is 7.97. The number of rotatable bonds is 2. The van der Waals surface area contributed by atoms with Gasteiger partial charge in [0.15, 0.2) is 0 Å². The van der Waals surface area contributed by atoms with E-state index < -0.39 is 6.16 Å². The number of carboxylic acid groups (broad SMARTS) is 2. The van der Waals surface area contributed by atoms with Crippen LogP contribution in [0.2, 0.25) is 0 Å². The van der Waals surface area contributed by atoms with Crippen LogP contribution in [0.15, 0.2) is 12.7 Å². The number of hydrogen-bond acceptors (Lipinski definition) is 2. The SMILES string of the molecule is C=CCN(C)C.O=C(O)O. The Hall–Kier alpha value is -1.03. The zero-order chi connectivity index (χ0) is 8.57. The van der Waals surface area contributed by atoms with Crippen LogP contribution < -0.4 is 0 Å². The highest BCUT2D eigenvalue weighted by Crippen LogP contribution is 1.69. The third-order valence-electron chi connectivity index (χ3n) is 0.494. The van der Waals surface area contributed by atoms with E-state index >= 15 is 0 Å². The van der Waals surface area contributed by atoms with Crippen LogP contribution in [0.5, 0.6) is 0 Å². The van der Waals surface area contributed by atoms with Crippen LogP contribution in [-0.4, -0.2) is 41.9 Å². The minimum absolute atomic E-state index is 0.972. The molecule has 0 heterocycles. The smallest absolute Gasteiger partial charge is 0.450 e. The summed E-state index contributed by atoms with van der Waals surface area (Å²) in [5.74, 6) is 0. The van der Waals surface area contributed by atoms with Gasteiger partial charge >= 0.3 is 6.16 Å². The Labute approximate surface area is 60.4 Å². The summed E-state index contributed by atoms with van der Waals surface area (Å²) in [6, 6.07) is 0. The zero-order valence-electron chi connectivity index (χ0n) is 6.24. The van der Waals surface area contributed by atoms with E-state index in [0.717, 1.165) is 6.54 Å². The van der Waals surface area contributed by atoms with Crippen molar-refractivity contribution in [2.24, 2.45) is 0 Å². The van der Waals surface area contributed by atoms with Gasteiger partial charge in [0.05, 0.1) is 0 Å². The van der Waals surface area contributed by atoms with E-state index in [-0.39, 0.29) is 0 Å². The summed E-state index contributed by atoms with van der Waals surface area (Å²) in [7, 11) is 4.03. The van der Waals surface area contributed by atoms with E-state index in [2.05, 4.69) is 11.5 Å². The molecule has 10 heavy (non-hydrogen) atoms. The van der Waals surface area contributed by atoms with Crippen molar-refractivity contribution in [3.8, 4) is 0 Å². The van der Waals surface area contributed by atoms with Crippen LogP contribution in [0.3, 0.4) is 0 Å². The topological polar surface area (TPSA) is 60.8 Å². The molecule has 0 aliphatic rings. The largest absolute Gasteiger partial charge is 0.503 e. The fraction of sp³-hybridized carbons (Fsp3) is 0.500. The molecule has 60 valence electrons. The van der Waals surface area contributed by atoms with Crippen LogP contribution in [0, 0.1) is 0 Å². The first kappa shape index (κ1) is 11.7. The third kappa shape index (κ3) is 64.0. The van der Waals surface area contributed by atoms with Gasteiger partial charge in [0.2, 0.25) is 0 Å². The van der Waals surface area contributed by atoms with Gasteiger partial charge < -0.3 is 15.1 Å². The Balaban J connectivity index is 0. The zero-order valence-corrected chi connectivity index (χ0v) is 6.24. The van der Waals surface area contributed by atoms with Gasteiger partial charge in [-0.25, -0.2) is 4.79 Å². The fourth-order valence-electron chi connectivity index (χ4n) is 0.258. The lowest BCUT2D eigenvalue weighted by Crippen LogP contribution is -2.09. The molecule has 0 aliphatic carbocycles. The van der Waals surface area contributed by atoms with Crippen LogP contribution in [0.4, 0.5) is 4.79 Å². The normalized spacial score (nSPS) is 7.90. The number of hydrogen-bond donors (Lipinski definition) is 2. The highest BCUT2D eigenvalue weighted by atomic mass is 16.6. The molecule has 2 N–H and O–H groups in total. The molecule has 0 fully saturated rings. The summed E-state index contributed by atoms with van der Waals surface area (Å²) in [6.07, 6.45) is 0.0417. The average Bonchev–Trinajstić information content (AvgIpc) is 1.62. The molecular formula is C6H13NO3. The van der Waals surface area contributed by atoms with Gasteiger partial charge in [-0.1, -0.05) is 6.08 Å². The average molecular weight is 147 g/mol. The molecule has 0 radical (unpaired) electrons. The maximum Gasteiger partial charge on any atom is 0.503 e. The van der Waals surface area contributed by atoms with Gasteiger partial charge in [0.1, 0.15) is 0 Å². The minimum atomic E-state index is -1.83. The lowest BCUT2D eigenvalue weighted by Gasteiger charge is -2.01. The Bertz CT molecular complexity index is 97.2. The summed E-state index contributed by atoms with van der Waals surface area (Å²) >= 11 is 0. The summed E-state index contributed by atoms with van der Waals surface area (Å²) in [5.41, 5.74) is 0.